The summed E-state index contributed by atoms with van der Waals surface area (Å²) in [5, 5.41) is 11.8. The van der Waals surface area contributed by atoms with Crippen molar-refractivity contribution in [2.45, 2.75) is 58.4 Å². The highest BCUT2D eigenvalue weighted by Gasteiger charge is 2.14. The first-order chi connectivity index (χ1) is 12.1. The average molecular weight is 468 g/mol. The highest BCUT2D eigenvalue weighted by Crippen LogP contribution is 2.18. The summed E-state index contributed by atoms with van der Waals surface area (Å²) >= 11 is 0. The van der Waals surface area contributed by atoms with Crippen molar-refractivity contribution in [2.75, 3.05) is 11.9 Å². The molecule has 0 bridgehead atoms. The van der Waals surface area contributed by atoms with Gasteiger partial charge in [-0.25, -0.2) is 0 Å². The highest BCUT2D eigenvalue weighted by atomic mass is 127. The Hall–Kier alpha value is -1.64. The first-order valence-electron chi connectivity index (χ1n) is 9.21. The third-order valence-electron chi connectivity index (χ3n) is 4.63. The van der Waals surface area contributed by atoms with E-state index in [0.29, 0.717) is 18.4 Å². The van der Waals surface area contributed by atoms with Crippen LogP contribution >= 0.6 is 24.0 Å². The number of rotatable bonds is 5. The molecule has 0 aliphatic carbocycles. The van der Waals surface area contributed by atoms with Crippen molar-refractivity contribution in [3.63, 3.8) is 0 Å². The molecule has 1 aromatic carbocycles. The minimum absolute atomic E-state index is 0. The van der Waals surface area contributed by atoms with Crippen molar-refractivity contribution in [3.05, 3.63) is 41.5 Å². The number of aryl methyl sites for hydroxylation is 1. The van der Waals surface area contributed by atoms with Crippen LogP contribution in [0.5, 0.6) is 0 Å². The molecule has 0 spiro atoms. The van der Waals surface area contributed by atoms with Gasteiger partial charge in [-0.05, 0) is 36.5 Å². The molecule has 1 aliphatic heterocycles. The average Bonchev–Trinajstić information content (AvgIpc) is 2.82. The molecule has 1 aliphatic rings. The minimum Gasteiger partial charge on any atom is -0.370 e. The van der Waals surface area contributed by atoms with Gasteiger partial charge in [0.1, 0.15) is 11.6 Å². The second-order valence-corrected chi connectivity index (χ2v) is 6.92. The number of benzene rings is 1. The Balaban J connectivity index is 0.00000243. The molecule has 3 N–H and O–H groups in total. The standard InChI is InChI=1S/C19H28N6.HI/c1-14(2)15-7-6-8-16(13-15)22-19(20)21-11-10-18-24-23-17-9-4-3-5-12-25(17)18;/h6-8,13-14H,3-5,9-12H2,1-2H3,(H3,20,21,22);1H. The number of nitrogens with zero attached hydrogens (tertiary/aromatic N) is 4. The van der Waals surface area contributed by atoms with E-state index in [2.05, 4.69) is 51.1 Å². The highest BCUT2D eigenvalue weighted by molar-refractivity contribution is 14.0. The molecule has 2 aromatic rings. The number of aromatic nitrogens is 3. The van der Waals surface area contributed by atoms with E-state index in [4.69, 9.17) is 5.73 Å². The van der Waals surface area contributed by atoms with Crippen molar-refractivity contribution in [2.24, 2.45) is 10.7 Å². The van der Waals surface area contributed by atoms with Gasteiger partial charge in [-0.2, -0.15) is 0 Å². The lowest BCUT2D eigenvalue weighted by Gasteiger charge is -2.10. The van der Waals surface area contributed by atoms with Gasteiger partial charge in [0.25, 0.3) is 0 Å². The summed E-state index contributed by atoms with van der Waals surface area (Å²) in [5.74, 6) is 3.07. The Labute approximate surface area is 172 Å². The molecule has 0 saturated carbocycles. The number of guanidine groups is 1. The Bertz CT molecular complexity index is 737. The summed E-state index contributed by atoms with van der Waals surface area (Å²) in [6.45, 7) is 5.99. The Morgan fingerprint density at radius 2 is 2.12 bits per heavy atom. The molecular formula is C19H29IN6. The molecule has 3 rings (SSSR count). The number of hydrogen-bond donors (Lipinski definition) is 2. The zero-order valence-corrected chi connectivity index (χ0v) is 17.9. The van der Waals surface area contributed by atoms with Crippen LogP contribution in [-0.2, 0) is 19.4 Å². The number of anilines is 1. The molecule has 0 saturated heterocycles. The molecule has 7 heteroatoms. The molecule has 0 amide bonds. The van der Waals surface area contributed by atoms with Gasteiger partial charge in [0, 0.05) is 31.6 Å². The molecule has 2 heterocycles. The predicted octanol–water partition coefficient (Wildman–Crippen LogP) is 3.72. The fraction of sp³-hybridized carbons (Fsp3) is 0.526. The summed E-state index contributed by atoms with van der Waals surface area (Å²) in [4.78, 5) is 4.44. The van der Waals surface area contributed by atoms with Gasteiger partial charge < -0.3 is 15.6 Å². The molecule has 0 fully saturated rings. The van der Waals surface area contributed by atoms with E-state index >= 15 is 0 Å². The fourth-order valence-electron chi connectivity index (χ4n) is 3.17. The van der Waals surface area contributed by atoms with Crippen molar-refractivity contribution in [3.8, 4) is 0 Å². The predicted molar refractivity (Wildman–Crippen MR) is 117 cm³/mol. The molecule has 0 radical (unpaired) electrons. The van der Waals surface area contributed by atoms with Crippen LogP contribution < -0.4 is 11.1 Å². The van der Waals surface area contributed by atoms with E-state index in [1.54, 1.807) is 0 Å². The summed E-state index contributed by atoms with van der Waals surface area (Å²) in [7, 11) is 0. The van der Waals surface area contributed by atoms with Crippen molar-refractivity contribution >= 4 is 35.6 Å². The number of nitrogens with two attached hydrogens (primary N) is 1. The fourth-order valence-corrected chi connectivity index (χ4v) is 3.17. The number of halogens is 1. The van der Waals surface area contributed by atoms with Crippen LogP contribution in [0.4, 0.5) is 5.69 Å². The minimum atomic E-state index is 0. The van der Waals surface area contributed by atoms with Gasteiger partial charge >= 0.3 is 0 Å². The topological polar surface area (TPSA) is 81.1 Å². The van der Waals surface area contributed by atoms with Crippen molar-refractivity contribution in [1.29, 1.82) is 0 Å². The van der Waals surface area contributed by atoms with Crippen molar-refractivity contribution < 1.29 is 0 Å². The maximum atomic E-state index is 6.03. The molecule has 0 atom stereocenters. The maximum Gasteiger partial charge on any atom is 0.193 e. The van der Waals surface area contributed by atoms with E-state index in [1.165, 1.54) is 24.8 Å². The van der Waals surface area contributed by atoms with Crippen molar-refractivity contribution in [1.82, 2.24) is 14.8 Å². The molecule has 6 nitrogen and oxygen atoms in total. The molecule has 26 heavy (non-hydrogen) atoms. The zero-order chi connectivity index (χ0) is 17.6. The Kier molecular flexibility index (Phi) is 7.86. The lowest BCUT2D eigenvalue weighted by molar-refractivity contribution is 0.605. The largest absolute Gasteiger partial charge is 0.370 e. The molecule has 1 aromatic heterocycles. The van der Waals surface area contributed by atoms with Gasteiger partial charge in [-0.15, -0.1) is 34.2 Å². The van der Waals surface area contributed by atoms with Gasteiger partial charge in [-0.3, -0.25) is 4.99 Å². The second-order valence-electron chi connectivity index (χ2n) is 6.92. The smallest absolute Gasteiger partial charge is 0.193 e. The Morgan fingerprint density at radius 3 is 2.92 bits per heavy atom. The molecule has 142 valence electrons. The van der Waals surface area contributed by atoms with Gasteiger partial charge in [0.05, 0.1) is 0 Å². The quantitative estimate of drug-likeness (QED) is 0.398. The van der Waals surface area contributed by atoms with Crippen LogP contribution in [0.25, 0.3) is 0 Å². The van der Waals surface area contributed by atoms with Gasteiger partial charge in [-0.1, -0.05) is 32.4 Å². The summed E-state index contributed by atoms with van der Waals surface area (Å²) in [6.07, 6.45) is 5.49. The summed E-state index contributed by atoms with van der Waals surface area (Å²) < 4.78 is 2.26. The number of aliphatic imine (C=N–C) groups is 1. The molecule has 0 unspecified atom stereocenters. The van der Waals surface area contributed by atoms with Crippen LogP contribution in [0.3, 0.4) is 0 Å². The van der Waals surface area contributed by atoms with Crippen LogP contribution in [0.2, 0.25) is 0 Å². The second kappa shape index (κ2) is 9.89. The van der Waals surface area contributed by atoms with Crippen LogP contribution in [-0.4, -0.2) is 27.3 Å². The Morgan fingerprint density at radius 1 is 1.27 bits per heavy atom. The van der Waals surface area contributed by atoms with E-state index in [9.17, 15) is 0 Å². The lowest BCUT2D eigenvalue weighted by atomic mass is 10.0. The molecular weight excluding hydrogens is 439 g/mol. The SMILES string of the molecule is CC(C)c1cccc(NC(N)=NCCc2nnc3n2CCCCC3)c1.I. The van der Waals surface area contributed by atoms with Crippen LogP contribution in [0, 0.1) is 0 Å². The van der Waals surface area contributed by atoms with Crippen LogP contribution in [0.1, 0.15) is 56.2 Å². The summed E-state index contributed by atoms with van der Waals surface area (Å²) in [5.41, 5.74) is 8.29. The third kappa shape index (κ3) is 5.43. The van der Waals surface area contributed by atoms with E-state index in [1.807, 2.05) is 12.1 Å². The first-order valence-corrected chi connectivity index (χ1v) is 9.21. The lowest BCUT2D eigenvalue weighted by Crippen LogP contribution is -2.23. The first kappa shape index (κ1) is 20.7. The summed E-state index contributed by atoms with van der Waals surface area (Å²) in [6, 6.07) is 8.29. The zero-order valence-electron chi connectivity index (χ0n) is 15.6. The van der Waals surface area contributed by atoms with E-state index in [-0.39, 0.29) is 24.0 Å². The number of hydrogen-bond acceptors (Lipinski definition) is 3. The third-order valence-corrected chi connectivity index (χ3v) is 4.63. The van der Waals surface area contributed by atoms with Crippen LogP contribution in [0.15, 0.2) is 29.3 Å². The van der Waals surface area contributed by atoms with Gasteiger partial charge in [0.15, 0.2) is 5.96 Å². The number of nitrogens with one attached hydrogen (secondary N) is 1. The number of fused-ring (bicyclic) bond motifs is 1. The monoisotopic (exact) mass is 468 g/mol. The maximum absolute atomic E-state index is 6.03. The normalized spacial score (nSPS) is 14.5. The van der Waals surface area contributed by atoms with E-state index < -0.39 is 0 Å². The van der Waals surface area contributed by atoms with E-state index in [0.717, 1.165) is 36.7 Å². The van der Waals surface area contributed by atoms with Gasteiger partial charge in [0.2, 0.25) is 0 Å².